The third-order valence-corrected chi connectivity index (χ3v) is 6.31. The van der Waals surface area contributed by atoms with Crippen LogP contribution in [0.3, 0.4) is 0 Å². The quantitative estimate of drug-likeness (QED) is 0.112. The number of benzene rings is 3. The van der Waals surface area contributed by atoms with Gasteiger partial charge in [-0.1, -0.05) is 31.4 Å². The van der Waals surface area contributed by atoms with E-state index in [0.717, 1.165) is 56.2 Å². The molecule has 3 aromatic rings. The number of unbranched alkanes of at least 4 members (excludes halogenated alkanes) is 4. The van der Waals surface area contributed by atoms with Gasteiger partial charge in [0, 0.05) is 0 Å². The molecular formula is C31H27F2NO7. The fourth-order valence-corrected chi connectivity index (χ4v) is 3.90. The summed E-state index contributed by atoms with van der Waals surface area (Å²) in [5, 5.41) is 8.74. The summed E-state index contributed by atoms with van der Waals surface area (Å²) in [5.74, 6) is -5.10. The maximum atomic E-state index is 14.0. The predicted octanol–water partition coefficient (Wildman–Crippen LogP) is 5.71. The van der Waals surface area contributed by atoms with Gasteiger partial charge in [0.1, 0.15) is 11.8 Å². The van der Waals surface area contributed by atoms with Crippen molar-refractivity contribution in [1.29, 1.82) is 5.26 Å². The molecule has 1 aliphatic heterocycles. The maximum Gasteiger partial charge on any atom is 0.343 e. The molecule has 0 radical (unpaired) electrons. The lowest BCUT2D eigenvalue weighted by atomic mass is 10.0. The zero-order valence-corrected chi connectivity index (χ0v) is 22.1. The average Bonchev–Trinajstić information content (AvgIpc) is 3.83. The first-order valence-electron chi connectivity index (χ1n) is 13.2. The number of carbonyl (C=O) groups excluding carboxylic acids is 3. The Labute approximate surface area is 235 Å². The number of halogens is 2. The highest BCUT2D eigenvalue weighted by Crippen LogP contribution is 2.24. The van der Waals surface area contributed by atoms with Crippen molar-refractivity contribution in [2.75, 3.05) is 13.2 Å². The van der Waals surface area contributed by atoms with Crippen LogP contribution in [0.25, 0.3) is 0 Å². The van der Waals surface area contributed by atoms with E-state index in [1.165, 1.54) is 30.3 Å². The molecule has 212 valence electrons. The zero-order valence-electron chi connectivity index (χ0n) is 22.1. The summed E-state index contributed by atoms with van der Waals surface area (Å²) in [4.78, 5) is 36.2. The van der Waals surface area contributed by atoms with Gasteiger partial charge in [0.2, 0.25) is 5.82 Å². The molecule has 0 bridgehead atoms. The number of nitriles is 1. The molecule has 1 heterocycles. The summed E-state index contributed by atoms with van der Waals surface area (Å²) in [6, 6.07) is 16.0. The minimum Gasteiger partial charge on any atom is -0.464 e. The van der Waals surface area contributed by atoms with E-state index in [-0.39, 0.29) is 23.4 Å². The van der Waals surface area contributed by atoms with Crippen LogP contribution in [-0.2, 0) is 20.7 Å². The summed E-state index contributed by atoms with van der Waals surface area (Å²) >= 11 is 0. The molecular weight excluding hydrogens is 536 g/mol. The summed E-state index contributed by atoms with van der Waals surface area (Å²) < 4.78 is 48.0. The van der Waals surface area contributed by atoms with Crippen molar-refractivity contribution in [3.8, 4) is 17.6 Å². The SMILES string of the molecule is N#Cc1ccc(OC(=O)c2ccc(OC(=O)c3ccc(CCCCCCCOC(=O)C4CO4)cc3)cc2)c(F)c1F. The average molecular weight is 564 g/mol. The van der Waals surface area contributed by atoms with Gasteiger partial charge in [0.25, 0.3) is 0 Å². The predicted molar refractivity (Wildman–Crippen MR) is 141 cm³/mol. The van der Waals surface area contributed by atoms with Crippen LogP contribution in [0.5, 0.6) is 11.5 Å². The van der Waals surface area contributed by atoms with Crippen LogP contribution in [0, 0.1) is 23.0 Å². The highest BCUT2D eigenvalue weighted by Gasteiger charge is 2.32. The summed E-state index contributed by atoms with van der Waals surface area (Å²) in [6.45, 7) is 0.893. The van der Waals surface area contributed by atoms with Crippen LogP contribution in [0.1, 0.15) is 63.9 Å². The lowest BCUT2D eigenvalue weighted by Gasteiger charge is -2.08. The molecule has 1 atom stereocenters. The topological polar surface area (TPSA) is 115 Å². The van der Waals surface area contributed by atoms with Crippen LogP contribution in [-0.4, -0.2) is 37.2 Å². The van der Waals surface area contributed by atoms with Crippen molar-refractivity contribution in [2.24, 2.45) is 0 Å². The molecule has 0 spiro atoms. The Morgan fingerprint density at radius 3 is 2.07 bits per heavy atom. The molecule has 4 rings (SSSR count). The Morgan fingerprint density at radius 1 is 0.805 bits per heavy atom. The Hall–Kier alpha value is -4.62. The fourth-order valence-electron chi connectivity index (χ4n) is 3.90. The zero-order chi connectivity index (χ0) is 29.2. The van der Waals surface area contributed by atoms with Gasteiger partial charge in [0.15, 0.2) is 17.7 Å². The van der Waals surface area contributed by atoms with E-state index in [1.807, 2.05) is 12.1 Å². The molecule has 1 unspecified atom stereocenters. The van der Waals surface area contributed by atoms with Crippen molar-refractivity contribution in [2.45, 2.75) is 44.6 Å². The van der Waals surface area contributed by atoms with E-state index in [9.17, 15) is 23.2 Å². The molecule has 0 N–H and O–H groups in total. The second kappa shape index (κ2) is 14.1. The maximum absolute atomic E-state index is 14.0. The third kappa shape index (κ3) is 8.43. The van der Waals surface area contributed by atoms with Gasteiger partial charge in [-0.2, -0.15) is 9.65 Å². The van der Waals surface area contributed by atoms with E-state index in [1.54, 1.807) is 12.1 Å². The van der Waals surface area contributed by atoms with Gasteiger partial charge < -0.3 is 18.9 Å². The summed E-state index contributed by atoms with van der Waals surface area (Å²) in [5.41, 5.74) is 0.973. The molecule has 10 heteroatoms. The first-order valence-corrected chi connectivity index (χ1v) is 13.2. The first-order chi connectivity index (χ1) is 19.9. The van der Waals surface area contributed by atoms with Gasteiger partial charge in [0.05, 0.1) is 29.9 Å². The van der Waals surface area contributed by atoms with Gasteiger partial charge in [-0.15, -0.1) is 0 Å². The van der Waals surface area contributed by atoms with Gasteiger partial charge in [-0.05, 0) is 73.4 Å². The minimum atomic E-state index is -1.44. The lowest BCUT2D eigenvalue weighted by Crippen LogP contribution is -2.12. The molecule has 8 nitrogen and oxygen atoms in total. The van der Waals surface area contributed by atoms with E-state index in [2.05, 4.69) is 0 Å². The molecule has 1 fully saturated rings. The van der Waals surface area contributed by atoms with E-state index >= 15 is 0 Å². The van der Waals surface area contributed by atoms with Gasteiger partial charge in [-0.25, -0.2) is 18.8 Å². The number of ether oxygens (including phenoxy) is 4. The summed E-state index contributed by atoms with van der Waals surface area (Å²) in [6.07, 6.45) is 5.44. The van der Waals surface area contributed by atoms with Crippen molar-refractivity contribution < 1.29 is 42.1 Å². The second-order valence-electron chi connectivity index (χ2n) is 9.36. The number of epoxide rings is 1. The summed E-state index contributed by atoms with van der Waals surface area (Å²) in [7, 11) is 0. The molecule has 0 amide bonds. The van der Waals surface area contributed by atoms with Crippen molar-refractivity contribution in [3.05, 3.63) is 94.6 Å². The molecule has 0 aromatic heterocycles. The van der Waals surface area contributed by atoms with Gasteiger partial charge >= 0.3 is 17.9 Å². The van der Waals surface area contributed by atoms with E-state index in [4.69, 9.17) is 24.2 Å². The molecule has 41 heavy (non-hydrogen) atoms. The van der Waals surface area contributed by atoms with E-state index < -0.39 is 34.9 Å². The van der Waals surface area contributed by atoms with Crippen LogP contribution in [0.15, 0.2) is 60.7 Å². The molecule has 1 aliphatic rings. The van der Waals surface area contributed by atoms with Crippen LogP contribution in [0.2, 0.25) is 0 Å². The van der Waals surface area contributed by atoms with Crippen molar-refractivity contribution >= 4 is 17.9 Å². The standard InChI is InChI=1S/C31H27F2NO7/c32-27-23(18-34)13-16-25(28(27)33)41-30(36)22-11-14-24(15-12-22)40-29(35)21-9-7-20(8-10-21)6-4-2-1-3-5-17-38-31(37)26-19-39-26/h7-16,26H,1-6,17,19H2. The monoisotopic (exact) mass is 563 g/mol. The van der Waals surface area contributed by atoms with Crippen molar-refractivity contribution in [1.82, 2.24) is 0 Å². The highest BCUT2D eigenvalue weighted by molar-refractivity contribution is 5.92. The number of rotatable bonds is 13. The largest absolute Gasteiger partial charge is 0.464 e. The third-order valence-electron chi connectivity index (χ3n) is 6.31. The fraction of sp³-hybridized carbons (Fsp3) is 0.290. The number of esters is 3. The molecule has 1 saturated heterocycles. The Bertz CT molecular complexity index is 1430. The highest BCUT2D eigenvalue weighted by atomic mass is 19.2. The minimum absolute atomic E-state index is 0.0189. The first kappa shape index (κ1) is 29.4. The van der Waals surface area contributed by atoms with Crippen molar-refractivity contribution in [3.63, 3.8) is 0 Å². The smallest absolute Gasteiger partial charge is 0.343 e. The molecule has 3 aromatic carbocycles. The Kier molecular flexibility index (Phi) is 10.1. The molecule has 0 aliphatic carbocycles. The van der Waals surface area contributed by atoms with Crippen LogP contribution >= 0.6 is 0 Å². The molecule has 0 saturated carbocycles. The normalized spacial score (nSPS) is 13.6. The van der Waals surface area contributed by atoms with E-state index in [0.29, 0.717) is 18.8 Å². The number of carbonyl (C=O) groups is 3. The van der Waals surface area contributed by atoms with Crippen LogP contribution in [0.4, 0.5) is 8.78 Å². The lowest BCUT2D eigenvalue weighted by molar-refractivity contribution is -0.145. The number of aryl methyl sites for hydroxylation is 1. The number of hydrogen-bond donors (Lipinski definition) is 0. The van der Waals surface area contributed by atoms with Gasteiger partial charge in [-0.3, -0.25) is 0 Å². The Morgan fingerprint density at radius 2 is 1.41 bits per heavy atom. The Balaban J connectivity index is 1.17. The number of hydrogen-bond acceptors (Lipinski definition) is 8. The van der Waals surface area contributed by atoms with Crippen LogP contribution < -0.4 is 9.47 Å². The number of nitrogens with zero attached hydrogens (tertiary/aromatic N) is 1. The second-order valence-corrected chi connectivity index (χ2v) is 9.36.